The summed E-state index contributed by atoms with van der Waals surface area (Å²) in [6.45, 7) is 7.13. The lowest BCUT2D eigenvalue weighted by Gasteiger charge is -2.21. The van der Waals surface area contributed by atoms with Gasteiger partial charge in [-0.3, -0.25) is 37.3 Å². The van der Waals surface area contributed by atoms with Gasteiger partial charge in [0.25, 0.3) is 0 Å². The van der Waals surface area contributed by atoms with Crippen LogP contribution in [0, 0.1) is 5.92 Å². The first-order valence-corrected chi connectivity index (χ1v) is 36.2. The number of aliphatic hydroxyl groups excluding tert-OH is 1. The lowest BCUT2D eigenvalue weighted by molar-refractivity contribution is -0.161. The number of hydrogen-bond donors (Lipinski definition) is 3. The summed E-state index contributed by atoms with van der Waals surface area (Å²) in [6, 6.07) is 0. The fourth-order valence-electron chi connectivity index (χ4n) is 9.37. The third kappa shape index (κ3) is 55.9. The number of unbranched alkanes of at least 4 members (excludes halogenated alkanes) is 34. The topological polar surface area (TPSA) is 237 Å². The molecule has 6 atom stereocenters. The van der Waals surface area contributed by atoms with Gasteiger partial charge in [-0.2, -0.15) is 0 Å². The van der Waals surface area contributed by atoms with Crippen molar-refractivity contribution < 1.29 is 80.2 Å². The number of rotatable bonds is 63. The summed E-state index contributed by atoms with van der Waals surface area (Å²) in [4.78, 5) is 72.0. The molecule has 17 nitrogen and oxygen atoms in total. The van der Waals surface area contributed by atoms with E-state index in [-0.39, 0.29) is 25.7 Å². The molecule has 0 fully saturated rings. The Morgan fingerprint density at radius 1 is 0.341 bits per heavy atom. The van der Waals surface area contributed by atoms with E-state index in [0.717, 1.165) is 115 Å². The van der Waals surface area contributed by atoms with Crippen molar-refractivity contribution in [3.05, 3.63) is 0 Å². The highest BCUT2D eigenvalue weighted by atomic mass is 31.2. The molecule has 0 aromatic heterocycles. The van der Waals surface area contributed by atoms with Crippen LogP contribution in [-0.2, 0) is 65.4 Å². The number of ether oxygens (including phenoxy) is 4. The van der Waals surface area contributed by atoms with Crippen LogP contribution >= 0.6 is 15.6 Å². The van der Waals surface area contributed by atoms with E-state index in [2.05, 4.69) is 34.6 Å². The zero-order valence-electron chi connectivity index (χ0n) is 52.6. The average molecular weight is 1210 g/mol. The molecule has 0 saturated carbocycles. The Morgan fingerprint density at radius 2 is 0.585 bits per heavy atom. The molecule has 82 heavy (non-hydrogen) atoms. The number of phosphoric acid groups is 2. The van der Waals surface area contributed by atoms with Gasteiger partial charge in [0.05, 0.1) is 26.4 Å². The van der Waals surface area contributed by atoms with Crippen LogP contribution < -0.4 is 0 Å². The molecule has 0 rings (SSSR count). The second kappa shape index (κ2) is 56.8. The Balaban J connectivity index is 5.20. The molecule has 0 aromatic carbocycles. The van der Waals surface area contributed by atoms with Gasteiger partial charge in [-0.05, 0) is 31.6 Å². The lowest BCUT2D eigenvalue weighted by atomic mass is 9.99. The molecule has 3 unspecified atom stereocenters. The van der Waals surface area contributed by atoms with Crippen LogP contribution in [0.5, 0.6) is 0 Å². The van der Waals surface area contributed by atoms with Crippen molar-refractivity contribution in [2.75, 3.05) is 39.6 Å². The fraction of sp³-hybridized carbons (Fsp3) is 0.937. The van der Waals surface area contributed by atoms with E-state index in [1.54, 1.807) is 0 Å². The molecule has 0 aromatic rings. The van der Waals surface area contributed by atoms with Crippen molar-refractivity contribution in [3.8, 4) is 0 Å². The Morgan fingerprint density at radius 3 is 0.866 bits per heavy atom. The highest BCUT2D eigenvalue weighted by Gasteiger charge is 2.30. The number of aliphatic hydroxyl groups is 1. The van der Waals surface area contributed by atoms with E-state index in [0.29, 0.717) is 25.7 Å². The van der Waals surface area contributed by atoms with Crippen LogP contribution in [0.2, 0.25) is 0 Å². The van der Waals surface area contributed by atoms with Gasteiger partial charge < -0.3 is 33.8 Å². The monoisotopic (exact) mass is 1210 g/mol. The summed E-state index contributed by atoms with van der Waals surface area (Å²) in [7, 11) is -9.88. The predicted molar refractivity (Wildman–Crippen MR) is 326 cm³/mol. The normalized spacial score (nSPS) is 14.6. The summed E-state index contributed by atoms with van der Waals surface area (Å²) < 4.78 is 67.8. The molecule has 0 saturated heterocycles. The van der Waals surface area contributed by atoms with Gasteiger partial charge in [0.1, 0.15) is 19.3 Å². The molecule has 0 amide bonds. The molecular formula is C63H122O17P2. The minimum absolute atomic E-state index is 0.105. The maximum atomic E-state index is 13.0. The highest BCUT2D eigenvalue weighted by Crippen LogP contribution is 2.45. The van der Waals surface area contributed by atoms with Crippen LogP contribution in [0.15, 0.2) is 0 Å². The average Bonchev–Trinajstić information content (AvgIpc) is 3.45. The number of phosphoric ester groups is 2. The lowest BCUT2D eigenvalue weighted by Crippen LogP contribution is -2.30. The minimum Gasteiger partial charge on any atom is -0.462 e. The van der Waals surface area contributed by atoms with Crippen molar-refractivity contribution in [1.29, 1.82) is 0 Å². The maximum Gasteiger partial charge on any atom is 0.472 e. The first kappa shape index (κ1) is 80.1. The molecule has 0 bridgehead atoms. The van der Waals surface area contributed by atoms with Gasteiger partial charge in [-0.25, -0.2) is 9.13 Å². The Bertz CT molecular complexity index is 1600. The van der Waals surface area contributed by atoms with Crippen molar-refractivity contribution in [3.63, 3.8) is 0 Å². The summed E-state index contributed by atoms with van der Waals surface area (Å²) in [5, 5.41) is 10.5. The molecule has 486 valence electrons. The predicted octanol–water partition coefficient (Wildman–Crippen LogP) is 17.4. The van der Waals surface area contributed by atoms with E-state index in [1.165, 1.54) is 122 Å². The van der Waals surface area contributed by atoms with Crippen LogP contribution in [0.3, 0.4) is 0 Å². The van der Waals surface area contributed by atoms with Gasteiger partial charge in [0.15, 0.2) is 12.2 Å². The Kier molecular flexibility index (Phi) is 55.5. The SMILES string of the molecule is CCCCCCCCCCCCCCCCCC(=O)O[C@H](COC(=O)CCCCCCCCCCC(C)CC)COP(=O)(O)OC[C@@H](O)COP(=O)(O)OC[C@@H](COC(=O)CCCCCCCCC)OC(=O)CCCCCCCCCC. The van der Waals surface area contributed by atoms with Crippen molar-refractivity contribution in [1.82, 2.24) is 0 Å². The van der Waals surface area contributed by atoms with Gasteiger partial charge in [-0.1, -0.05) is 266 Å². The number of carbonyl (C=O) groups is 4. The molecule has 0 radical (unpaired) electrons. The van der Waals surface area contributed by atoms with Gasteiger partial charge in [-0.15, -0.1) is 0 Å². The van der Waals surface area contributed by atoms with E-state index >= 15 is 0 Å². The third-order valence-electron chi connectivity index (χ3n) is 14.9. The zero-order chi connectivity index (χ0) is 60.6. The quantitative estimate of drug-likeness (QED) is 0.0222. The molecule has 0 aliphatic heterocycles. The summed E-state index contributed by atoms with van der Waals surface area (Å²) in [6.07, 6.45) is 40.4. The Hall–Kier alpha value is -1.94. The maximum absolute atomic E-state index is 13.0. The van der Waals surface area contributed by atoms with E-state index in [4.69, 9.17) is 37.0 Å². The van der Waals surface area contributed by atoms with Crippen molar-refractivity contribution in [2.24, 2.45) is 5.92 Å². The summed E-state index contributed by atoms with van der Waals surface area (Å²) in [5.74, 6) is -1.36. The minimum atomic E-state index is -4.94. The van der Waals surface area contributed by atoms with Gasteiger partial charge >= 0.3 is 39.5 Å². The molecular weight excluding hydrogens is 1090 g/mol. The van der Waals surface area contributed by atoms with Gasteiger partial charge in [0.2, 0.25) is 0 Å². The molecule has 19 heteroatoms. The summed E-state index contributed by atoms with van der Waals surface area (Å²) in [5.41, 5.74) is 0. The highest BCUT2D eigenvalue weighted by molar-refractivity contribution is 7.47. The number of esters is 4. The first-order chi connectivity index (χ1) is 39.6. The first-order valence-electron chi connectivity index (χ1n) is 33.2. The Labute approximate surface area is 498 Å². The fourth-order valence-corrected chi connectivity index (χ4v) is 11.0. The molecule has 0 spiro atoms. The molecule has 3 N–H and O–H groups in total. The zero-order valence-corrected chi connectivity index (χ0v) is 54.4. The number of hydrogen-bond acceptors (Lipinski definition) is 15. The van der Waals surface area contributed by atoms with Crippen molar-refractivity contribution in [2.45, 2.75) is 335 Å². The largest absolute Gasteiger partial charge is 0.472 e. The van der Waals surface area contributed by atoms with E-state index < -0.39 is 97.5 Å². The second-order valence-corrected chi connectivity index (χ2v) is 25.9. The standard InChI is InChI=1S/C63H122O17P2/c1-6-10-13-16-19-21-22-23-24-25-26-27-34-39-44-49-63(68)80-59(53-74-61(66)47-42-37-33-29-28-31-35-40-45-56(5)9-4)55-78-82(71,72)76-51-57(64)50-75-81(69,70)77-54-58(52-73-60(65)46-41-36-30-18-15-12-8-3)79-62(67)48-43-38-32-20-17-14-11-7-2/h56-59,64H,6-55H2,1-5H3,(H,69,70)(H,71,72)/t56?,57-,58+,59+/m0/s1. The van der Waals surface area contributed by atoms with Crippen LogP contribution in [0.4, 0.5) is 0 Å². The molecule has 0 heterocycles. The molecule has 0 aliphatic rings. The smallest absolute Gasteiger partial charge is 0.462 e. The van der Waals surface area contributed by atoms with E-state index in [1.807, 2.05) is 0 Å². The molecule has 0 aliphatic carbocycles. The second-order valence-electron chi connectivity index (χ2n) is 23.0. The van der Waals surface area contributed by atoms with Gasteiger partial charge in [0, 0.05) is 25.7 Å². The number of carbonyl (C=O) groups excluding carboxylic acids is 4. The van der Waals surface area contributed by atoms with E-state index in [9.17, 15) is 43.2 Å². The third-order valence-corrected chi connectivity index (χ3v) is 16.8. The summed E-state index contributed by atoms with van der Waals surface area (Å²) >= 11 is 0. The van der Waals surface area contributed by atoms with Crippen LogP contribution in [0.25, 0.3) is 0 Å². The van der Waals surface area contributed by atoms with Crippen LogP contribution in [-0.4, -0.2) is 96.7 Å². The van der Waals surface area contributed by atoms with Crippen LogP contribution in [0.1, 0.15) is 317 Å². The van der Waals surface area contributed by atoms with Crippen molar-refractivity contribution >= 4 is 39.5 Å².